The van der Waals surface area contributed by atoms with Crippen LogP contribution in [0.2, 0.25) is 0 Å². The second kappa shape index (κ2) is 24.0. The Hall–Kier alpha value is -6.16. The Balaban J connectivity index is 0.000000297. The summed E-state index contributed by atoms with van der Waals surface area (Å²) in [5.41, 5.74) is 3.37. The monoisotopic (exact) mass is 1160 g/mol. The van der Waals surface area contributed by atoms with E-state index in [0.29, 0.717) is 6.42 Å². The van der Waals surface area contributed by atoms with E-state index in [2.05, 4.69) is 72.0 Å². The SMILES string of the molecule is Cc1nnc(C(=O)CC(C)(C)c2nc(C(=O)CCc3ccc(F)cc3)c(O)c(=O)n2C)o1.Cc1nnc(C(=O)O)o1.Cn1c(C(C)(C)N)nc(C(=O)CCc2ccc(F)cc2)c(O)c1=O.II. The molecule has 4 heterocycles. The highest BCUT2D eigenvalue weighted by molar-refractivity contribution is 15.0. The highest BCUT2D eigenvalue weighted by Gasteiger charge is 2.33. The number of hydrogen-bond donors (Lipinski definition) is 4. The van der Waals surface area contributed by atoms with Crippen molar-refractivity contribution in [1.29, 1.82) is 0 Å². The molecule has 6 aromatic rings. The Bertz CT molecular complexity index is 2840. The number of Topliss-reactive ketones (excluding diaryl/α,β-unsaturated/α-hetero) is 3. The Morgan fingerprint density at radius 3 is 1.37 bits per heavy atom. The van der Waals surface area contributed by atoms with E-state index in [0.717, 1.165) is 20.3 Å². The third-order valence-corrected chi connectivity index (χ3v) is 9.43. The van der Waals surface area contributed by atoms with Crippen LogP contribution in [0.5, 0.6) is 11.5 Å². The predicted molar refractivity (Wildman–Crippen MR) is 253 cm³/mol. The summed E-state index contributed by atoms with van der Waals surface area (Å²) in [6.45, 7) is 9.75. The second-order valence-corrected chi connectivity index (χ2v) is 15.9. The van der Waals surface area contributed by atoms with Crippen LogP contribution in [-0.4, -0.2) is 78.1 Å². The van der Waals surface area contributed by atoms with Gasteiger partial charge in [-0.05, 0) is 62.1 Å². The summed E-state index contributed by atoms with van der Waals surface area (Å²) in [6.07, 6.45) is 0.492. The minimum absolute atomic E-state index is 0.0315. The topological polar surface area (TPSA) is 303 Å². The van der Waals surface area contributed by atoms with E-state index in [1.54, 1.807) is 58.9 Å². The lowest BCUT2D eigenvalue weighted by Crippen LogP contribution is -2.38. The molecule has 0 aliphatic carbocycles. The summed E-state index contributed by atoms with van der Waals surface area (Å²) in [4.78, 5) is 80.7. The number of carbonyl (C=O) groups is 4. The molecule has 20 nitrogen and oxygen atoms in total. The zero-order chi connectivity index (χ0) is 50.6. The molecule has 358 valence electrons. The molecule has 0 atom stereocenters. The van der Waals surface area contributed by atoms with Gasteiger partial charge in [-0.15, -0.1) is 20.4 Å². The van der Waals surface area contributed by atoms with Gasteiger partial charge in [-0.1, -0.05) is 38.1 Å². The zero-order valence-corrected chi connectivity index (χ0v) is 41.7. The number of aromatic hydroxyl groups is 2. The molecule has 0 aliphatic heterocycles. The highest BCUT2D eigenvalue weighted by atomic mass is 128. The molecule has 0 saturated heterocycles. The molecule has 0 radical (unpaired) electrons. The zero-order valence-electron chi connectivity index (χ0n) is 37.4. The van der Waals surface area contributed by atoms with Gasteiger partial charge in [0.15, 0.2) is 23.0 Å². The number of carbonyl (C=O) groups excluding carboxylic acids is 3. The number of hydrogen-bond acceptors (Lipinski definition) is 17. The van der Waals surface area contributed by atoms with Gasteiger partial charge >= 0.3 is 11.9 Å². The molecule has 67 heavy (non-hydrogen) atoms. The Kier molecular flexibility index (Phi) is 19.8. The molecular formula is C43H47F2I2N9O11. The van der Waals surface area contributed by atoms with Gasteiger partial charge in [0, 0.05) is 89.9 Å². The van der Waals surface area contributed by atoms with Crippen LogP contribution in [0.25, 0.3) is 0 Å². The third kappa shape index (κ3) is 15.2. The van der Waals surface area contributed by atoms with Crippen LogP contribution in [0.15, 0.2) is 67.0 Å². The van der Waals surface area contributed by atoms with Crippen molar-refractivity contribution in [2.24, 2.45) is 19.8 Å². The normalized spacial score (nSPS) is 11.0. The third-order valence-electron chi connectivity index (χ3n) is 9.43. The molecule has 24 heteroatoms. The predicted octanol–water partition coefficient (Wildman–Crippen LogP) is 6.16. The minimum atomic E-state index is -1.20. The summed E-state index contributed by atoms with van der Waals surface area (Å²) >= 11 is 4.24. The largest absolute Gasteiger partial charge is 0.501 e. The van der Waals surface area contributed by atoms with Crippen molar-refractivity contribution >= 4 is 60.6 Å². The van der Waals surface area contributed by atoms with Gasteiger partial charge in [-0.25, -0.2) is 23.5 Å². The lowest BCUT2D eigenvalue weighted by atomic mass is 9.85. The number of aromatic carboxylic acids is 1. The van der Waals surface area contributed by atoms with E-state index in [1.807, 2.05) is 0 Å². The molecule has 0 saturated carbocycles. The number of aromatic nitrogens is 8. The number of benzene rings is 2. The molecule has 0 unspecified atom stereocenters. The second-order valence-electron chi connectivity index (χ2n) is 15.9. The first-order chi connectivity index (χ1) is 31.3. The van der Waals surface area contributed by atoms with Crippen molar-refractivity contribution in [3.05, 3.63) is 139 Å². The van der Waals surface area contributed by atoms with E-state index in [-0.39, 0.29) is 83.9 Å². The summed E-state index contributed by atoms with van der Waals surface area (Å²) in [5, 5.41) is 42.3. The first-order valence-corrected chi connectivity index (χ1v) is 26.0. The molecule has 0 aliphatic rings. The summed E-state index contributed by atoms with van der Waals surface area (Å²) in [5.74, 6) is -4.51. The van der Waals surface area contributed by atoms with Crippen molar-refractivity contribution in [2.45, 2.75) is 84.6 Å². The fraction of sp³-hybridized carbons (Fsp3) is 0.349. The number of nitrogens with two attached hydrogens (primary N) is 1. The van der Waals surface area contributed by atoms with E-state index < -0.39 is 56.9 Å². The van der Waals surface area contributed by atoms with Crippen LogP contribution in [0.1, 0.15) is 124 Å². The molecule has 0 amide bonds. The lowest BCUT2D eigenvalue weighted by molar-refractivity contribution is 0.0651. The summed E-state index contributed by atoms with van der Waals surface area (Å²) in [6, 6.07) is 11.5. The smallest absolute Gasteiger partial charge is 0.393 e. The van der Waals surface area contributed by atoms with E-state index in [1.165, 1.54) is 45.3 Å². The fourth-order valence-corrected chi connectivity index (χ4v) is 6.15. The maximum absolute atomic E-state index is 13.1. The van der Waals surface area contributed by atoms with Crippen molar-refractivity contribution in [2.75, 3.05) is 0 Å². The van der Waals surface area contributed by atoms with Gasteiger partial charge < -0.3 is 29.9 Å². The summed E-state index contributed by atoms with van der Waals surface area (Å²) in [7, 11) is 2.84. The number of aryl methyl sites for hydroxylation is 4. The highest BCUT2D eigenvalue weighted by Crippen LogP contribution is 2.28. The van der Waals surface area contributed by atoms with Crippen molar-refractivity contribution in [3.8, 4) is 11.5 Å². The Labute approximate surface area is 404 Å². The van der Waals surface area contributed by atoms with Crippen LogP contribution in [0, 0.1) is 25.5 Å². The number of carboxylic acid groups (broad SMARTS) is 1. The molecule has 0 fully saturated rings. The molecule has 6 rings (SSSR count). The number of nitrogens with zero attached hydrogens (tertiary/aromatic N) is 8. The van der Waals surface area contributed by atoms with Gasteiger partial charge in [0.25, 0.3) is 17.0 Å². The van der Waals surface area contributed by atoms with Gasteiger partial charge in [-0.3, -0.25) is 33.1 Å². The van der Waals surface area contributed by atoms with Crippen molar-refractivity contribution in [3.63, 3.8) is 0 Å². The molecule has 4 aromatic heterocycles. The fourth-order valence-electron chi connectivity index (χ4n) is 6.15. The van der Waals surface area contributed by atoms with Gasteiger partial charge in [-0.2, -0.15) is 0 Å². The first-order valence-electron chi connectivity index (χ1n) is 19.8. The van der Waals surface area contributed by atoms with E-state index in [9.17, 15) is 47.8 Å². The molecule has 2 aromatic carbocycles. The lowest BCUT2D eigenvalue weighted by Gasteiger charge is -2.25. The molecule has 0 bridgehead atoms. The van der Waals surface area contributed by atoms with Crippen LogP contribution in [-0.2, 0) is 37.9 Å². The molecule has 5 N–H and O–H groups in total. The van der Waals surface area contributed by atoms with Crippen LogP contribution < -0.4 is 16.9 Å². The maximum Gasteiger partial charge on any atom is 0.393 e. The Morgan fingerprint density at radius 1 is 0.657 bits per heavy atom. The van der Waals surface area contributed by atoms with E-state index in [4.69, 9.17) is 15.3 Å². The number of halogens is 4. The molecule has 0 spiro atoms. The molecular weight excluding hydrogens is 1110 g/mol. The van der Waals surface area contributed by atoms with Gasteiger partial charge in [0.1, 0.15) is 23.3 Å². The van der Waals surface area contributed by atoms with Crippen molar-refractivity contribution in [1.82, 2.24) is 39.5 Å². The minimum Gasteiger partial charge on any atom is -0.501 e. The van der Waals surface area contributed by atoms with Crippen molar-refractivity contribution < 1.29 is 52.1 Å². The Morgan fingerprint density at radius 2 is 1.03 bits per heavy atom. The average molecular weight is 1160 g/mol. The number of ketones is 3. The number of rotatable bonds is 14. The van der Waals surface area contributed by atoms with Crippen LogP contribution in [0.4, 0.5) is 8.78 Å². The maximum atomic E-state index is 13.1. The standard InChI is InChI=1S/C22H23FN4O5.C17H20FN3O3.C4H4N2O3.I2/c1-12-25-26-19(32-12)16(29)11-22(2,3)21-24-17(18(30)20(31)27(21)4)15(28)10-7-13-5-8-14(23)9-6-13;1-17(2,19)16-20-13(14(23)15(24)21(16)3)12(22)9-6-10-4-7-11(18)8-5-10;1-2-5-6-3(9-2)4(7)8;1-2/h5-6,8-9,30H,7,10-11H2,1-4H3;4-5,7-8,23H,6,9,19H2,1-3H3;1H3,(H,7,8);. The van der Waals surface area contributed by atoms with Crippen LogP contribution in [0.3, 0.4) is 0 Å². The first kappa shape index (κ1) is 55.2. The van der Waals surface area contributed by atoms with Gasteiger partial charge in [0.2, 0.25) is 29.1 Å². The van der Waals surface area contributed by atoms with Gasteiger partial charge in [0.05, 0.1) is 5.54 Å². The quantitative estimate of drug-likeness (QED) is 0.0700. The summed E-state index contributed by atoms with van der Waals surface area (Å²) < 4.78 is 37.9. The number of carboxylic acids is 1. The average Bonchev–Trinajstić information content (AvgIpc) is 3.93. The van der Waals surface area contributed by atoms with E-state index >= 15 is 0 Å². The van der Waals surface area contributed by atoms with Crippen LogP contribution >= 0.6 is 37.2 Å².